The molecule has 1 aliphatic rings. The number of nitrogens with zero attached hydrogens (tertiary/aromatic N) is 2. The van der Waals surface area contributed by atoms with E-state index < -0.39 is 14.9 Å². The molecular formula is C19H23N3O5S. The Morgan fingerprint density at radius 3 is 2.39 bits per heavy atom. The minimum Gasteiger partial charge on any atom is -0.379 e. The number of hydrogen-bond donors (Lipinski definition) is 1. The number of aryl methyl sites for hydroxylation is 1. The number of nitrogens with one attached hydrogen (secondary N) is 1. The van der Waals surface area contributed by atoms with Crippen molar-refractivity contribution in [1.82, 2.24) is 9.62 Å². The molecule has 1 heterocycles. The maximum atomic E-state index is 12.6. The molecule has 2 aromatic rings. The van der Waals surface area contributed by atoms with E-state index in [0.29, 0.717) is 5.56 Å². The normalized spacial score (nSPS) is 15.5. The average molecular weight is 405 g/mol. The van der Waals surface area contributed by atoms with E-state index in [0.717, 1.165) is 50.0 Å². The molecule has 0 aliphatic carbocycles. The highest BCUT2D eigenvalue weighted by atomic mass is 32.2. The van der Waals surface area contributed by atoms with Gasteiger partial charge < -0.3 is 4.74 Å². The third-order valence-corrected chi connectivity index (χ3v) is 6.21. The second-order valence-corrected chi connectivity index (χ2v) is 8.47. The van der Waals surface area contributed by atoms with Gasteiger partial charge in [0.1, 0.15) is 0 Å². The summed E-state index contributed by atoms with van der Waals surface area (Å²) in [4.78, 5) is 12.6. The van der Waals surface area contributed by atoms with Crippen LogP contribution in [0.3, 0.4) is 0 Å². The lowest BCUT2D eigenvalue weighted by atomic mass is 10.1. The number of nitro groups is 1. The predicted molar refractivity (Wildman–Crippen MR) is 104 cm³/mol. The zero-order valence-electron chi connectivity index (χ0n) is 15.6. The molecule has 0 bridgehead atoms. The van der Waals surface area contributed by atoms with Crippen molar-refractivity contribution in [2.24, 2.45) is 0 Å². The third-order valence-electron chi connectivity index (χ3n) is 4.67. The number of morpholine rings is 1. The Balaban J connectivity index is 1.64. The number of benzene rings is 2. The molecule has 150 valence electrons. The average Bonchev–Trinajstić information content (AvgIpc) is 2.68. The molecule has 3 rings (SSSR count). The van der Waals surface area contributed by atoms with Crippen molar-refractivity contribution >= 4 is 15.7 Å². The van der Waals surface area contributed by atoms with Gasteiger partial charge in [0, 0.05) is 38.3 Å². The summed E-state index contributed by atoms with van der Waals surface area (Å²) >= 11 is 0. The minimum atomic E-state index is -3.85. The van der Waals surface area contributed by atoms with Gasteiger partial charge in [-0.15, -0.1) is 0 Å². The lowest BCUT2D eigenvalue weighted by Gasteiger charge is -2.26. The number of non-ortho nitro benzene ring substituents is 1. The second-order valence-electron chi connectivity index (χ2n) is 6.74. The lowest BCUT2D eigenvalue weighted by molar-refractivity contribution is -0.385. The van der Waals surface area contributed by atoms with Crippen LogP contribution in [0.4, 0.5) is 5.69 Å². The van der Waals surface area contributed by atoms with Crippen molar-refractivity contribution in [3.8, 4) is 0 Å². The van der Waals surface area contributed by atoms with Crippen LogP contribution < -0.4 is 4.72 Å². The number of nitro benzene ring substituents is 1. The summed E-state index contributed by atoms with van der Waals surface area (Å²) < 4.78 is 33.0. The van der Waals surface area contributed by atoms with Crippen molar-refractivity contribution < 1.29 is 18.1 Å². The van der Waals surface area contributed by atoms with E-state index in [4.69, 9.17) is 4.74 Å². The quantitative estimate of drug-likeness (QED) is 0.560. The molecular weight excluding hydrogens is 382 g/mol. The zero-order chi connectivity index (χ0) is 20.1. The van der Waals surface area contributed by atoms with E-state index in [1.807, 2.05) is 24.3 Å². The predicted octanol–water partition coefficient (Wildman–Crippen LogP) is 2.21. The molecule has 0 atom stereocenters. The van der Waals surface area contributed by atoms with Crippen LogP contribution in [0.15, 0.2) is 47.4 Å². The Labute approximate surface area is 164 Å². The second kappa shape index (κ2) is 8.78. The molecule has 28 heavy (non-hydrogen) atoms. The van der Waals surface area contributed by atoms with Gasteiger partial charge in [-0.1, -0.05) is 30.3 Å². The molecule has 0 aromatic heterocycles. The van der Waals surface area contributed by atoms with Gasteiger partial charge in [-0.2, -0.15) is 0 Å². The fourth-order valence-electron chi connectivity index (χ4n) is 3.03. The summed E-state index contributed by atoms with van der Waals surface area (Å²) in [7, 11) is -3.85. The first-order chi connectivity index (χ1) is 13.3. The Bertz CT molecular complexity index is 939. The van der Waals surface area contributed by atoms with Crippen LogP contribution in [0.25, 0.3) is 0 Å². The number of rotatable bonds is 7. The largest absolute Gasteiger partial charge is 0.379 e. The van der Waals surface area contributed by atoms with E-state index in [9.17, 15) is 18.5 Å². The highest BCUT2D eigenvalue weighted by Gasteiger charge is 2.20. The van der Waals surface area contributed by atoms with Gasteiger partial charge in [-0.25, -0.2) is 13.1 Å². The maximum Gasteiger partial charge on any atom is 0.270 e. The van der Waals surface area contributed by atoms with Gasteiger partial charge in [0.15, 0.2) is 0 Å². The fraction of sp³-hybridized carbons (Fsp3) is 0.368. The topological polar surface area (TPSA) is 102 Å². The molecule has 0 spiro atoms. The minimum absolute atomic E-state index is 0.0781. The molecule has 1 saturated heterocycles. The van der Waals surface area contributed by atoms with Crippen molar-refractivity contribution in [2.75, 3.05) is 26.3 Å². The van der Waals surface area contributed by atoms with Crippen LogP contribution in [0.5, 0.6) is 0 Å². The van der Waals surface area contributed by atoms with E-state index in [2.05, 4.69) is 9.62 Å². The summed E-state index contributed by atoms with van der Waals surface area (Å²) in [6, 6.07) is 11.6. The van der Waals surface area contributed by atoms with Crippen molar-refractivity contribution in [1.29, 1.82) is 0 Å². The van der Waals surface area contributed by atoms with Crippen molar-refractivity contribution in [2.45, 2.75) is 24.9 Å². The standard InChI is InChI=1S/C19H23N3O5S/c1-15-2-7-18(22(23)24)12-19(15)28(25,26)20-13-16-3-5-17(6-4-16)14-21-8-10-27-11-9-21/h2-7,12,20H,8-11,13-14H2,1H3. The van der Waals surface area contributed by atoms with Crippen LogP contribution in [-0.4, -0.2) is 44.5 Å². The summed E-state index contributed by atoms with van der Waals surface area (Å²) in [6.07, 6.45) is 0. The molecule has 1 fully saturated rings. The van der Waals surface area contributed by atoms with Gasteiger partial charge in [-0.05, 0) is 23.6 Å². The summed E-state index contributed by atoms with van der Waals surface area (Å²) in [6.45, 7) is 5.87. The molecule has 2 aromatic carbocycles. The molecule has 1 N–H and O–H groups in total. The van der Waals surface area contributed by atoms with E-state index in [1.165, 1.54) is 12.1 Å². The molecule has 9 heteroatoms. The molecule has 0 unspecified atom stereocenters. The Kier molecular flexibility index (Phi) is 6.40. The van der Waals surface area contributed by atoms with Gasteiger partial charge >= 0.3 is 0 Å². The van der Waals surface area contributed by atoms with Crippen LogP contribution in [0, 0.1) is 17.0 Å². The molecule has 0 saturated carbocycles. The van der Waals surface area contributed by atoms with E-state index >= 15 is 0 Å². The summed E-state index contributed by atoms with van der Waals surface area (Å²) in [5, 5.41) is 10.9. The fourth-order valence-corrected chi connectivity index (χ4v) is 4.31. The van der Waals surface area contributed by atoms with Gasteiger partial charge in [0.05, 0.1) is 23.0 Å². The summed E-state index contributed by atoms with van der Waals surface area (Å²) in [5.74, 6) is 0. The van der Waals surface area contributed by atoms with Crippen LogP contribution >= 0.6 is 0 Å². The first kappa shape index (κ1) is 20.4. The lowest BCUT2D eigenvalue weighted by Crippen LogP contribution is -2.35. The smallest absolute Gasteiger partial charge is 0.270 e. The molecule has 8 nitrogen and oxygen atoms in total. The van der Waals surface area contributed by atoms with Gasteiger partial charge in [0.2, 0.25) is 10.0 Å². The van der Waals surface area contributed by atoms with Crippen LogP contribution in [-0.2, 0) is 27.8 Å². The van der Waals surface area contributed by atoms with Gasteiger partial charge in [-0.3, -0.25) is 15.0 Å². The molecule has 0 radical (unpaired) electrons. The number of hydrogen-bond acceptors (Lipinski definition) is 6. The maximum absolute atomic E-state index is 12.6. The first-order valence-electron chi connectivity index (χ1n) is 8.98. The van der Waals surface area contributed by atoms with Crippen LogP contribution in [0.2, 0.25) is 0 Å². The summed E-state index contributed by atoms with van der Waals surface area (Å²) in [5.41, 5.74) is 2.18. The van der Waals surface area contributed by atoms with Gasteiger partial charge in [0.25, 0.3) is 5.69 Å². The SMILES string of the molecule is Cc1ccc([N+](=O)[O-])cc1S(=O)(=O)NCc1ccc(CN2CCOCC2)cc1. The van der Waals surface area contributed by atoms with Crippen molar-refractivity contribution in [3.05, 3.63) is 69.3 Å². The first-order valence-corrected chi connectivity index (χ1v) is 10.5. The van der Waals surface area contributed by atoms with Crippen molar-refractivity contribution in [3.63, 3.8) is 0 Å². The number of sulfonamides is 1. The zero-order valence-corrected chi connectivity index (χ0v) is 16.4. The Morgan fingerprint density at radius 2 is 1.75 bits per heavy atom. The molecule has 1 aliphatic heterocycles. The van der Waals surface area contributed by atoms with E-state index in [-0.39, 0.29) is 17.1 Å². The Morgan fingerprint density at radius 1 is 1.11 bits per heavy atom. The number of ether oxygens (including phenoxy) is 1. The monoisotopic (exact) mass is 405 g/mol. The molecule has 0 amide bonds. The highest BCUT2D eigenvalue weighted by Crippen LogP contribution is 2.22. The van der Waals surface area contributed by atoms with Crippen LogP contribution in [0.1, 0.15) is 16.7 Å². The highest BCUT2D eigenvalue weighted by molar-refractivity contribution is 7.89. The third kappa shape index (κ3) is 5.14. The van der Waals surface area contributed by atoms with E-state index in [1.54, 1.807) is 6.92 Å². The Hall–Kier alpha value is -2.33.